The second kappa shape index (κ2) is 6.95. The number of hydrogen-bond donors (Lipinski definition) is 0. The monoisotopic (exact) mass is 311 g/mol. The highest BCUT2D eigenvalue weighted by Gasteiger charge is 2.10. The van der Waals surface area contributed by atoms with Crippen LogP contribution in [0.1, 0.15) is 11.1 Å². The fourth-order valence-electron chi connectivity index (χ4n) is 2.50. The molecule has 0 aliphatic rings. The summed E-state index contributed by atoms with van der Waals surface area (Å²) in [7, 11) is 4.22. The number of benzene rings is 2. The van der Waals surface area contributed by atoms with E-state index in [9.17, 15) is 0 Å². The Bertz CT molecular complexity index is 734. The topological polar surface area (TPSA) is 12.5 Å². The molecule has 0 aliphatic heterocycles. The summed E-state index contributed by atoms with van der Waals surface area (Å²) in [5.74, 6) is 0.997. The molecule has 0 saturated heterocycles. The van der Waals surface area contributed by atoms with Gasteiger partial charge in [-0.05, 0) is 49.2 Å². The van der Waals surface area contributed by atoms with Gasteiger partial charge in [0.15, 0.2) is 0 Å². The maximum atomic E-state index is 6.10. The average Bonchev–Trinajstić information content (AvgIpc) is 2.96. The minimum Gasteiger partial charge on any atom is -0.488 e. The summed E-state index contributed by atoms with van der Waals surface area (Å²) in [6.07, 6.45) is 1.05. The van der Waals surface area contributed by atoms with Gasteiger partial charge in [0.1, 0.15) is 12.4 Å². The molecule has 0 amide bonds. The first-order valence-corrected chi connectivity index (χ1v) is 8.42. The molecule has 0 fully saturated rings. The number of nitrogens with zero attached hydrogens (tertiary/aromatic N) is 1. The van der Waals surface area contributed by atoms with Gasteiger partial charge >= 0.3 is 0 Å². The van der Waals surface area contributed by atoms with Crippen molar-refractivity contribution in [3.8, 4) is 5.75 Å². The van der Waals surface area contributed by atoms with Gasteiger partial charge in [-0.15, -0.1) is 11.3 Å². The van der Waals surface area contributed by atoms with Crippen LogP contribution in [0.3, 0.4) is 0 Å². The van der Waals surface area contributed by atoms with Crippen LogP contribution >= 0.6 is 11.3 Å². The number of likely N-dealkylation sites (N-methyl/N-ethyl adjacent to an activating group) is 1. The number of hydrogen-bond acceptors (Lipinski definition) is 3. The fraction of sp³-hybridized carbons (Fsp3) is 0.263. The van der Waals surface area contributed by atoms with Crippen LogP contribution in [0.25, 0.3) is 10.1 Å². The van der Waals surface area contributed by atoms with Gasteiger partial charge in [-0.2, -0.15) is 0 Å². The van der Waals surface area contributed by atoms with Crippen LogP contribution in [0.15, 0.2) is 53.9 Å². The van der Waals surface area contributed by atoms with E-state index in [4.69, 9.17) is 4.74 Å². The van der Waals surface area contributed by atoms with Gasteiger partial charge in [0, 0.05) is 16.6 Å². The summed E-state index contributed by atoms with van der Waals surface area (Å²) in [6, 6.07) is 16.7. The molecule has 0 radical (unpaired) electrons. The first-order chi connectivity index (χ1) is 10.7. The van der Waals surface area contributed by atoms with Crippen molar-refractivity contribution in [2.75, 3.05) is 20.6 Å². The lowest BCUT2D eigenvalue weighted by atomic mass is 10.1. The minimum atomic E-state index is 0.614. The van der Waals surface area contributed by atoms with Gasteiger partial charge in [0.2, 0.25) is 0 Å². The Labute approximate surface area is 136 Å². The molecule has 0 atom stereocenters. The van der Waals surface area contributed by atoms with E-state index < -0.39 is 0 Å². The van der Waals surface area contributed by atoms with E-state index in [1.54, 1.807) is 11.3 Å². The molecule has 3 heteroatoms. The van der Waals surface area contributed by atoms with E-state index in [-0.39, 0.29) is 0 Å². The van der Waals surface area contributed by atoms with E-state index in [2.05, 4.69) is 54.7 Å². The van der Waals surface area contributed by atoms with Crippen molar-refractivity contribution in [1.82, 2.24) is 4.90 Å². The molecule has 2 aromatic carbocycles. The maximum Gasteiger partial charge on any atom is 0.128 e. The molecule has 0 bridgehead atoms. The molecule has 1 aromatic heterocycles. The van der Waals surface area contributed by atoms with Crippen molar-refractivity contribution >= 4 is 21.4 Å². The highest BCUT2D eigenvalue weighted by atomic mass is 32.1. The Morgan fingerprint density at radius 1 is 1.00 bits per heavy atom. The van der Waals surface area contributed by atoms with Crippen LogP contribution in [0.2, 0.25) is 0 Å². The molecule has 2 nitrogen and oxygen atoms in total. The van der Waals surface area contributed by atoms with Gasteiger partial charge < -0.3 is 9.64 Å². The van der Waals surface area contributed by atoms with E-state index in [0.29, 0.717) is 6.61 Å². The van der Waals surface area contributed by atoms with Gasteiger partial charge in [0.25, 0.3) is 0 Å². The van der Waals surface area contributed by atoms with Crippen molar-refractivity contribution < 1.29 is 4.74 Å². The first-order valence-electron chi connectivity index (χ1n) is 7.54. The van der Waals surface area contributed by atoms with Crippen molar-refractivity contribution in [3.05, 3.63) is 65.0 Å². The van der Waals surface area contributed by atoms with E-state index >= 15 is 0 Å². The third-order valence-corrected chi connectivity index (χ3v) is 4.70. The maximum absolute atomic E-state index is 6.10. The van der Waals surface area contributed by atoms with Crippen molar-refractivity contribution in [3.63, 3.8) is 0 Å². The molecule has 0 saturated carbocycles. The summed E-state index contributed by atoms with van der Waals surface area (Å²) in [6.45, 7) is 1.67. The molecular weight excluding hydrogens is 290 g/mol. The number of ether oxygens (including phenoxy) is 1. The molecule has 0 spiro atoms. The summed E-state index contributed by atoms with van der Waals surface area (Å²) < 4.78 is 7.41. The van der Waals surface area contributed by atoms with Crippen molar-refractivity contribution in [1.29, 1.82) is 0 Å². The van der Waals surface area contributed by atoms with Crippen LogP contribution in [0.5, 0.6) is 5.75 Å². The Kier molecular flexibility index (Phi) is 4.76. The Morgan fingerprint density at radius 3 is 2.59 bits per heavy atom. The zero-order valence-corrected chi connectivity index (χ0v) is 13.9. The summed E-state index contributed by atoms with van der Waals surface area (Å²) in [5.41, 5.74) is 2.59. The molecule has 0 aliphatic carbocycles. The Morgan fingerprint density at radius 2 is 1.82 bits per heavy atom. The van der Waals surface area contributed by atoms with Crippen LogP contribution in [0.4, 0.5) is 0 Å². The summed E-state index contributed by atoms with van der Waals surface area (Å²) in [5, 5.41) is 3.55. The Hall–Kier alpha value is -1.84. The predicted octanol–water partition coefficient (Wildman–Crippen LogP) is 4.58. The predicted molar refractivity (Wildman–Crippen MR) is 94.9 cm³/mol. The average molecular weight is 311 g/mol. The zero-order valence-electron chi connectivity index (χ0n) is 13.1. The van der Waals surface area contributed by atoms with Crippen LogP contribution in [-0.4, -0.2) is 25.5 Å². The van der Waals surface area contributed by atoms with Gasteiger partial charge in [-0.1, -0.05) is 36.4 Å². The highest BCUT2D eigenvalue weighted by molar-refractivity contribution is 7.17. The molecule has 1 heterocycles. The number of fused-ring (bicyclic) bond motifs is 1. The lowest BCUT2D eigenvalue weighted by Crippen LogP contribution is -2.14. The van der Waals surface area contributed by atoms with E-state index in [1.165, 1.54) is 21.2 Å². The normalized spacial score (nSPS) is 11.2. The molecule has 22 heavy (non-hydrogen) atoms. The quantitative estimate of drug-likeness (QED) is 0.660. The number of thiophene rings is 1. The second-order valence-corrected chi connectivity index (χ2v) is 6.63. The molecule has 0 unspecified atom stereocenters. The molecule has 3 rings (SSSR count). The van der Waals surface area contributed by atoms with Gasteiger partial charge in [-0.25, -0.2) is 0 Å². The Balaban J connectivity index is 1.83. The smallest absolute Gasteiger partial charge is 0.128 e. The van der Waals surface area contributed by atoms with Gasteiger partial charge in [-0.3, -0.25) is 0 Å². The highest BCUT2D eigenvalue weighted by Crippen LogP contribution is 2.34. The molecule has 0 N–H and O–H groups in total. The molecule has 114 valence electrons. The third kappa shape index (κ3) is 3.49. The van der Waals surface area contributed by atoms with Crippen molar-refractivity contribution in [2.24, 2.45) is 0 Å². The van der Waals surface area contributed by atoms with Crippen molar-refractivity contribution in [2.45, 2.75) is 13.0 Å². The van der Waals surface area contributed by atoms with Crippen LogP contribution in [0, 0.1) is 0 Å². The minimum absolute atomic E-state index is 0.614. The zero-order chi connectivity index (χ0) is 15.4. The standard InChI is InChI=1S/C19H21NOS/c1-20(2)12-11-16-14-22-18-10-6-9-17(19(16)18)21-13-15-7-4-3-5-8-15/h3-10,14H,11-13H2,1-2H3. The molecule has 3 aromatic rings. The van der Waals surface area contributed by atoms with E-state index in [0.717, 1.165) is 18.7 Å². The summed E-state index contributed by atoms with van der Waals surface area (Å²) in [4.78, 5) is 2.22. The van der Waals surface area contributed by atoms with Gasteiger partial charge in [0.05, 0.1) is 0 Å². The second-order valence-electron chi connectivity index (χ2n) is 5.72. The van der Waals surface area contributed by atoms with Crippen LogP contribution in [-0.2, 0) is 13.0 Å². The third-order valence-electron chi connectivity index (χ3n) is 3.70. The largest absolute Gasteiger partial charge is 0.488 e. The lowest BCUT2D eigenvalue weighted by molar-refractivity contribution is 0.310. The SMILES string of the molecule is CN(C)CCc1csc2cccc(OCc3ccccc3)c12. The first kappa shape index (κ1) is 15.1. The summed E-state index contributed by atoms with van der Waals surface area (Å²) >= 11 is 1.80. The number of rotatable bonds is 6. The van der Waals surface area contributed by atoms with Crippen LogP contribution < -0.4 is 4.74 Å². The lowest BCUT2D eigenvalue weighted by Gasteiger charge is -2.11. The molecular formula is C19H21NOS. The van der Waals surface area contributed by atoms with E-state index in [1.807, 2.05) is 18.2 Å². The fourth-order valence-corrected chi connectivity index (χ4v) is 3.51.